The van der Waals surface area contributed by atoms with Crippen molar-refractivity contribution in [2.24, 2.45) is 0 Å². The molecular weight excluding hydrogens is 363 g/mol. The first kappa shape index (κ1) is 19.6. The third kappa shape index (κ3) is 9.22. The van der Waals surface area contributed by atoms with Gasteiger partial charge >= 0.3 is 127 Å². The Morgan fingerprint density at radius 2 is 1.37 bits per heavy atom. The number of rotatable bonds is 12. The predicted octanol–water partition coefficient (Wildman–Crippen LogP) is 5.24. The third-order valence-electron chi connectivity index (χ3n) is 3.68. The first-order valence-electron chi connectivity index (χ1n) is 7.84. The zero-order valence-electron chi connectivity index (χ0n) is 13.3. The molecular formula is C15H32O2SSn. The molecule has 0 aromatic carbocycles. The van der Waals surface area contributed by atoms with Crippen molar-refractivity contribution in [2.75, 3.05) is 12.9 Å². The standard InChI is InChI=1S/3C4H9.C3H6O2S.Sn/c3*1-3-4-2;1-5-3(4)2-6;/h3*1,3-4H2,2H3;6H,2H2,1H3;/q;;;;+1/p-1. The summed E-state index contributed by atoms with van der Waals surface area (Å²) >= 11 is -2.15. The summed E-state index contributed by atoms with van der Waals surface area (Å²) in [6, 6.07) is 0. The first-order valence-corrected chi connectivity index (χ1v) is 18.4. The molecule has 0 bridgehead atoms. The van der Waals surface area contributed by atoms with Crippen LogP contribution < -0.4 is 0 Å². The van der Waals surface area contributed by atoms with Crippen LogP contribution in [-0.4, -0.2) is 35.8 Å². The van der Waals surface area contributed by atoms with Crippen LogP contribution in [0.25, 0.3) is 0 Å². The molecule has 0 aromatic rings. The molecule has 0 aliphatic heterocycles. The van der Waals surface area contributed by atoms with Gasteiger partial charge in [0.1, 0.15) is 0 Å². The third-order valence-corrected chi connectivity index (χ3v) is 26.1. The summed E-state index contributed by atoms with van der Waals surface area (Å²) in [4.78, 5) is 11.5. The number of hydrogen-bond acceptors (Lipinski definition) is 3. The Kier molecular flexibility index (Phi) is 12.8. The van der Waals surface area contributed by atoms with Gasteiger partial charge in [-0.05, 0) is 0 Å². The van der Waals surface area contributed by atoms with Crippen molar-refractivity contribution in [1.82, 2.24) is 0 Å². The second kappa shape index (κ2) is 12.4. The van der Waals surface area contributed by atoms with Gasteiger partial charge in [0, 0.05) is 0 Å². The van der Waals surface area contributed by atoms with Crippen LogP contribution in [0, 0.1) is 0 Å². The van der Waals surface area contributed by atoms with Gasteiger partial charge in [-0.3, -0.25) is 0 Å². The minimum atomic E-state index is -2.15. The van der Waals surface area contributed by atoms with Crippen LogP contribution >= 0.6 is 8.95 Å². The Bertz CT molecular complexity index is 212. The van der Waals surface area contributed by atoms with Crippen LogP contribution in [0.2, 0.25) is 13.3 Å². The summed E-state index contributed by atoms with van der Waals surface area (Å²) in [6.07, 6.45) is 7.94. The SMILES string of the molecule is CCC[CH2][Sn]([CH2]CCC)([CH2]CCC)[S]CC(=O)OC. The van der Waals surface area contributed by atoms with E-state index in [0.29, 0.717) is 5.75 Å². The molecule has 4 heteroatoms. The number of unbranched alkanes of at least 4 members (excludes halogenated alkanes) is 3. The minimum absolute atomic E-state index is 0.0319. The van der Waals surface area contributed by atoms with E-state index in [1.165, 1.54) is 58.9 Å². The van der Waals surface area contributed by atoms with Crippen LogP contribution in [-0.2, 0) is 9.53 Å². The molecule has 0 aliphatic rings. The number of hydrogen-bond donors (Lipinski definition) is 0. The van der Waals surface area contributed by atoms with Crippen molar-refractivity contribution in [2.45, 2.75) is 72.6 Å². The Morgan fingerprint density at radius 1 is 0.947 bits per heavy atom. The van der Waals surface area contributed by atoms with E-state index in [1.807, 2.05) is 0 Å². The van der Waals surface area contributed by atoms with Crippen molar-refractivity contribution in [1.29, 1.82) is 0 Å². The van der Waals surface area contributed by atoms with Gasteiger partial charge in [0.2, 0.25) is 0 Å². The molecule has 0 fully saturated rings. The number of ether oxygens (including phenoxy) is 1. The monoisotopic (exact) mass is 396 g/mol. The molecule has 0 rings (SSSR count). The molecule has 0 atom stereocenters. The zero-order valence-corrected chi connectivity index (χ0v) is 17.0. The fourth-order valence-electron chi connectivity index (χ4n) is 2.36. The maximum absolute atomic E-state index is 11.5. The van der Waals surface area contributed by atoms with Gasteiger partial charge in [0.15, 0.2) is 0 Å². The van der Waals surface area contributed by atoms with E-state index < -0.39 is 17.0 Å². The number of carbonyl (C=O) groups excluding carboxylic acids is 1. The molecule has 114 valence electrons. The van der Waals surface area contributed by atoms with Crippen LogP contribution in [0.4, 0.5) is 0 Å². The molecule has 0 radical (unpaired) electrons. The molecule has 0 aromatic heterocycles. The summed E-state index contributed by atoms with van der Waals surface area (Å²) in [5, 5.41) is 0. The molecule has 0 aliphatic carbocycles. The van der Waals surface area contributed by atoms with Gasteiger partial charge in [0.05, 0.1) is 0 Å². The molecule has 0 N–H and O–H groups in total. The maximum atomic E-state index is 11.5. The molecule has 0 unspecified atom stereocenters. The predicted molar refractivity (Wildman–Crippen MR) is 89.4 cm³/mol. The van der Waals surface area contributed by atoms with E-state index in [1.54, 1.807) is 0 Å². The molecule has 19 heavy (non-hydrogen) atoms. The molecule has 0 spiro atoms. The van der Waals surface area contributed by atoms with Gasteiger partial charge in [-0.15, -0.1) is 0 Å². The fraction of sp³-hybridized carbons (Fsp3) is 0.933. The summed E-state index contributed by atoms with van der Waals surface area (Å²) in [5.74, 6) is 0.569. The number of esters is 1. The zero-order chi connectivity index (χ0) is 14.6. The molecule has 0 amide bonds. The van der Waals surface area contributed by atoms with Crippen molar-refractivity contribution < 1.29 is 9.53 Å². The summed E-state index contributed by atoms with van der Waals surface area (Å²) in [6.45, 7) is 6.84. The summed E-state index contributed by atoms with van der Waals surface area (Å²) in [5.41, 5.74) is 0. The van der Waals surface area contributed by atoms with Crippen LogP contribution in [0.5, 0.6) is 0 Å². The van der Waals surface area contributed by atoms with Crippen LogP contribution in [0.1, 0.15) is 59.3 Å². The summed E-state index contributed by atoms with van der Waals surface area (Å²) < 4.78 is 9.19. The van der Waals surface area contributed by atoms with E-state index in [9.17, 15) is 4.79 Å². The first-order chi connectivity index (χ1) is 9.14. The van der Waals surface area contributed by atoms with Crippen molar-refractivity contribution in [3.05, 3.63) is 0 Å². The topological polar surface area (TPSA) is 26.3 Å². The Balaban J connectivity index is 4.60. The quantitative estimate of drug-likeness (QED) is 0.334. The molecule has 2 nitrogen and oxygen atoms in total. The Hall–Kier alpha value is 0.619. The Labute approximate surface area is 126 Å². The average Bonchev–Trinajstić information content (AvgIpc) is 2.45. The second-order valence-electron chi connectivity index (χ2n) is 5.36. The average molecular weight is 395 g/mol. The van der Waals surface area contributed by atoms with E-state index in [2.05, 4.69) is 29.7 Å². The molecule has 0 heterocycles. The van der Waals surface area contributed by atoms with Crippen LogP contribution in [0.3, 0.4) is 0 Å². The van der Waals surface area contributed by atoms with Gasteiger partial charge in [0.25, 0.3) is 0 Å². The number of carbonyl (C=O) groups is 1. The van der Waals surface area contributed by atoms with E-state index >= 15 is 0 Å². The van der Waals surface area contributed by atoms with Crippen molar-refractivity contribution in [3.63, 3.8) is 0 Å². The van der Waals surface area contributed by atoms with Gasteiger partial charge < -0.3 is 0 Å². The van der Waals surface area contributed by atoms with Gasteiger partial charge in [-0.25, -0.2) is 0 Å². The van der Waals surface area contributed by atoms with E-state index in [-0.39, 0.29) is 5.97 Å². The van der Waals surface area contributed by atoms with Gasteiger partial charge in [-0.1, -0.05) is 0 Å². The van der Waals surface area contributed by atoms with Crippen LogP contribution in [0.15, 0.2) is 0 Å². The fourth-order valence-corrected chi connectivity index (χ4v) is 24.3. The van der Waals surface area contributed by atoms with E-state index in [0.717, 1.165) is 0 Å². The second-order valence-corrected chi connectivity index (χ2v) is 25.3. The number of methoxy groups -OCH3 is 1. The summed E-state index contributed by atoms with van der Waals surface area (Å²) in [7, 11) is 3.56. The normalized spacial score (nSPS) is 11.6. The molecule has 0 saturated carbocycles. The molecule has 0 saturated heterocycles. The van der Waals surface area contributed by atoms with Gasteiger partial charge in [-0.2, -0.15) is 0 Å². The van der Waals surface area contributed by atoms with Crippen molar-refractivity contribution in [3.8, 4) is 0 Å². The van der Waals surface area contributed by atoms with Crippen molar-refractivity contribution >= 4 is 31.9 Å². The van der Waals surface area contributed by atoms with E-state index in [4.69, 9.17) is 4.74 Å². The Morgan fingerprint density at radius 3 is 1.68 bits per heavy atom.